The summed E-state index contributed by atoms with van der Waals surface area (Å²) in [5.41, 5.74) is 2.78. The SMILES string of the molecule is CC(=O)Nc1nc(C(=O)Nc2ccc3nc(Cc4ccccc4F)[nH]c3c2)cs1. The van der Waals surface area contributed by atoms with E-state index in [9.17, 15) is 14.0 Å². The summed E-state index contributed by atoms with van der Waals surface area (Å²) in [4.78, 5) is 35.2. The van der Waals surface area contributed by atoms with E-state index < -0.39 is 0 Å². The Morgan fingerprint density at radius 3 is 2.76 bits per heavy atom. The Balaban J connectivity index is 1.50. The molecule has 2 aromatic carbocycles. The summed E-state index contributed by atoms with van der Waals surface area (Å²) in [6, 6.07) is 11.8. The van der Waals surface area contributed by atoms with Crippen LogP contribution in [-0.4, -0.2) is 26.8 Å². The normalized spacial score (nSPS) is 10.8. The van der Waals surface area contributed by atoms with Crippen LogP contribution in [0.4, 0.5) is 15.2 Å². The van der Waals surface area contributed by atoms with E-state index in [4.69, 9.17) is 0 Å². The maximum Gasteiger partial charge on any atom is 0.275 e. The Labute approximate surface area is 169 Å². The molecule has 9 heteroatoms. The molecule has 4 aromatic rings. The molecule has 0 radical (unpaired) electrons. The van der Waals surface area contributed by atoms with Gasteiger partial charge in [-0.05, 0) is 29.8 Å². The monoisotopic (exact) mass is 409 g/mol. The predicted octanol–water partition coefficient (Wildman–Crippen LogP) is 3.96. The number of carbonyl (C=O) groups excluding carboxylic acids is 2. The number of halogens is 1. The first-order valence-corrected chi connectivity index (χ1v) is 9.62. The van der Waals surface area contributed by atoms with Gasteiger partial charge in [-0.1, -0.05) is 18.2 Å². The molecule has 0 aliphatic carbocycles. The molecule has 146 valence electrons. The molecule has 2 amide bonds. The standard InChI is InChI=1S/C20H16FN5O2S/c1-11(27)22-20-26-17(10-29-20)19(28)23-13-6-7-15-16(9-13)25-18(24-15)8-12-4-2-3-5-14(12)21/h2-7,9-10H,8H2,1H3,(H,23,28)(H,24,25)(H,22,26,27). The highest BCUT2D eigenvalue weighted by Gasteiger charge is 2.13. The second kappa shape index (κ2) is 7.80. The van der Waals surface area contributed by atoms with Crippen molar-refractivity contribution in [1.29, 1.82) is 0 Å². The number of fused-ring (bicyclic) bond motifs is 1. The quantitative estimate of drug-likeness (QED) is 0.464. The third kappa shape index (κ3) is 4.30. The van der Waals surface area contributed by atoms with Gasteiger partial charge in [-0.25, -0.2) is 14.4 Å². The van der Waals surface area contributed by atoms with Crippen molar-refractivity contribution in [3.63, 3.8) is 0 Å². The van der Waals surface area contributed by atoms with E-state index in [1.54, 1.807) is 41.8 Å². The number of amides is 2. The minimum atomic E-state index is -0.386. The van der Waals surface area contributed by atoms with E-state index in [1.165, 1.54) is 24.3 Å². The van der Waals surface area contributed by atoms with Crippen LogP contribution in [0.3, 0.4) is 0 Å². The number of rotatable bonds is 5. The topological polar surface area (TPSA) is 99.8 Å². The van der Waals surface area contributed by atoms with Crippen LogP contribution in [0.25, 0.3) is 11.0 Å². The van der Waals surface area contributed by atoms with Crippen LogP contribution >= 0.6 is 11.3 Å². The number of H-pyrrole nitrogens is 1. The number of aromatic nitrogens is 3. The van der Waals surface area contributed by atoms with Crippen molar-refractivity contribution in [2.24, 2.45) is 0 Å². The molecule has 3 N–H and O–H groups in total. The van der Waals surface area contributed by atoms with E-state index >= 15 is 0 Å². The Bertz CT molecular complexity index is 1220. The van der Waals surface area contributed by atoms with E-state index in [0.29, 0.717) is 28.6 Å². The maximum absolute atomic E-state index is 13.9. The first kappa shape index (κ1) is 18.8. The zero-order valence-electron chi connectivity index (χ0n) is 15.3. The zero-order chi connectivity index (χ0) is 20.4. The zero-order valence-corrected chi connectivity index (χ0v) is 16.1. The Morgan fingerprint density at radius 2 is 1.97 bits per heavy atom. The van der Waals surface area contributed by atoms with E-state index in [1.807, 2.05) is 0 Å². The molecule has 0 bridgehead atoms. The largest absolute Gasteiger partial charge is 0.342 e. The molecule has 0 saturated heterocycles. The molecule has 0 fully saturated rings. The highest BCUT2D eigenvalue weighted by atomic mass is 32.1. The number of carbonyl (C=O) groups is 2. The lowest BCUT2D eigenvalue weighted by molar-refractivity contribution is -0.114. The van der Waals surface area contributed by atoms with Gasteiger partial charge >= 0.3 is 0 Å². The van der Waals surface area contributed by atoms with Crippen molar-refractivity contribution in [2.45, 2.75) is 13.3 Å². The second-order valence-corrected chi connectivity index (χ2v) is 7.21. The van der Waals surface area contributed by atoms with Crippen molar-refractivity contribution >= 4 is 45.0 Å². The molecule has 2 aromatic heterocycles. The minimum Gasteiger partial charge on any atom is -0.342 e. The third-order valence-electron chi connectivity index (χ3n) is 4.12. The first-order valence-electron chi connectivity index (χ1n) is 8.74. The Hall–Kier alpha value is -3.59. The average Bonchev–Trinajstić information content (AvgIpc) is 3.29. The van der Waals surface area contributed by atoms with Crippen LogP contribution in [0.5, 0.6) is 0 Å². The molecule has 0 aliphatic heterocycles. The number of thiazole rings is 1. The van der Waals surface area contributed by atoms with Crippen molar-refractivity contribution in [2.75, 3.05) is 10.6 Å². The lowest BCUT2D eigenvalue weighted by Crippen LogP contribution is -2.13. The van der Waals surface area contributed by atoms with Crippen molar-refractivity contribution in [3.05, 3.63) is 70.7 Å². The summed E-state index contributed by atoms with van der Waals surface area (Å²) in [6.07, 6.45) is 0.341. The number of hydrogen-bond donors (Lipinski definition) is 3. The van der Waals surface area contributed by atoms with Crippen LogP contribution in [0.1, 0.15) is 28.8 Å². The van der Waals surface area contributed by atoms with Gasteiger partial charge in [0, 0.05) is 24.4 Å². The van der Waals surface area contributed by atoms with Crippen LogP contribution in [0.2, 0.25) is 0 Å². The van der Waals surface area contributed by atoms with Gasteiger partial charge in [0.25, 0.3) is 5.91 Å². The number of anilines is 2. The van der Waals surface area contributed by atoms with Crippen LogP contribution in [0.15, 0.2) is 47.8 Å². The van der Waals surface area contributed by atoms with Gasteiger partial charge in [0.1, 0.15) is 17.3 Å². The lowest BCUT2D eigenvalue weighted by Gasteiger charge is -2.03. The average molecular weight is 409 g/mol. The Morgan fingerprint density at radius 1 is 1.14 bits per heavy atom. The number of benzene rings is 2. The van der Waals surface area contributed by atoms with Gasteiger partial charge in [0.15, 0.2) is 5.13 Å². The van der Waals surface area contributed by atoms with Gasteiger partial charge in [-0.3, -0.25) is 9.59 Å². The summed E-state index contributed by atoms with van der Waals surface area (Å²) < 4.78 is 13.9. The molecule has 4 rings (SSSR count). The fourth-order valence-electron chi connectivity index (χ4n) is 2.83. The number of aromatic amines is 1. The van der Waals surface area contributed by atoms with Gasteiger partial charge < -0.3 is 15.6 Å². The van der Waals surface area contributed by atoms with E-state index in [0.717, 1.165) is 11.0 Å². The number of nitrogens with zero attached hydrogens (tertiary/aromatic N) is 2. The van der Waals surface area contributed by atoms with Gasteiger partial charge in [0.05, 0.1) is 11.0 Å². The highest BCUT2D eigenvalue weighted by molar-refractivity contribution is 7.14. The van der Waals surface area contributed by atoms with Crippen LogP contribution in [-0.2, 0) is 11.2 Å². The van der Waals surface area contributed by atoms with Crippen LogP contribution < -0.4 is 10.6 Å². The summed E-state index contributed by atoms with van der Waals surface area (Å²) in [6.45, 7) is 1.38. The van der Waals surface area contributed by atoms with Gasteiger partial charge in [-0.2, -0.15) is 0 Å². The van der Waals surface area contributed by atoms with Crippen molar-refractivity contribution < 1.29 is 14.0 Å². The molecular weight excluding hydrogens is 393 g/mol. The minimum absolute atomic E-state index is 0.212. The maximum atomic E-state index is 13.9. The Kier molecular flexibility index (Phi) is 5.05. The van der Waals surface area contributed by atoms with Crippen molar-refractivity contribution in [1.82, 2.24) is 15.0 Å². The van der Waals surface area contributed by atoms with Gasteiger partial charge in [0.2, 0.25) is 5.91 Å². The fourth-order valence-corrected chi connectivity index (χ4v) is 3.56. The predicted molar refractivity (Wildman–Crippen MR) is 110 cm³/mol. The molecule has 29 heavy (non-hydrogen) atoms. The number of hydrogen-bond acceptors (Lipinski definition) is 5. The molecular formula is C20H16FN5O2S. The number of imidazole rings is 1. The molecule has 0 atom stereocenters. The molecule has 0 unspecified atom stereocenters. The molecule has 0 spiro atoms. The van der Waals surface area contributed by atoms with E-state index in [-0.39, 0.29) is 23.3 Å². The highest BCUT2D eigenvalue weighted by Crippen LogP contribution is 2.21. The van der Waals surface area contributed by atoms with E-state index in [2.05, 4.69) is 25.6 Å². The third-order valence-corrected chi connectivity index (χ3v) is 4.88. The fraction of sp³-hybridized carbons (Fsp3) is 0.100. The summed E-state index contributed by atoms with van der Waals surface area (Å²) in [7, 11) is 0. The summed E-state index contributed by atoms with van der Waals surface area (Å²) in [5, 5.41) is 7.25. The van der Waals surface area contributed by atoms with Gasteiger partial charge in [-0.15, -0.1) is 11.3 Å². The molecule has 2 heterocycles. The smallest absolute Gasteiger partial charge is 0.275 e. The molecule has 0 saturated carbocycles. The molecule has 7 nitrogen and oxygen atoms in total. The van der Waals surface area contributed by atoms with Crippen molar-refractivity contribution in [3.8, 4) is 0 Å². The summed E-state index contributed by atoms with van der Waals surface area (Å²) >= 11 is 1.17. The summed E-state index contributed by atoms with van der Waals surface area (Å²) in [5.74, 6) is -0.277. The lowest BCUT2D eigenvalue weighted by atomic mass is 10.1. The van der Waals surface area contributed by atoms with Crippen LogP contribution in [0, 0.1) is 5.82 Å². The first-order chi connectivity index (χ1) is 14.0. The second-order valence-electron chi connectivity index (χ2n) is 6.36. The molecule has 0 aliphatic rings. The number of nitrogens with one attached hydrogen (secondary N) is 3.